The minimum Gasteiger partial charge on any atom is -0.399 e. The van der Waals surface area contributed by atoms with Crippen LogP contribution in [0.15, 0.2) is 24.3 Å². The molecule has 1 aromatic carbocycles. The molecule has 2 rings (SSSR count). The van der Waals surface area contributed by atoms with E-state index < -0.39 is 0 Å². The number of aromatic nitrogens is 2. The Morgan fingerprint density at radius 2 is 2.05 bits per heavy atom. The van der Waals surface area contributed by atoms with Crippen LogP contribution in [0.5, 0.6) is 0 Å². The number of aryl methyl sites for hydroxylation is 2. The van der Waals surface area contributed by atoms with Crippen molar-refractivity contribution in [1.29, 1.82) is 0 Å². The molecule has 0 bridgehead atoms. The third-order valence-electron chi connectivity index (χ3n) is 3.30. The first kappa shape index (κ1) is 14.8. The molecule has 3 N–H and O–H groups in total. The van der Waals surface area contributed by atoms with Crippen molar-refractivity contribution in [3.63, 3.8) is 0 Å². The molecule has 0 aliphatic carbocycles. The first-order valence-corrected chi connectivity index (χ1v) is 6.81. The van der Waals surface area contributed by atoms with E-state index in [4.69, 9.17) is 5.73 Å². The van der Waals surface area contributed by atoms with Crippen LogP contribution in [-0.4, -0.2) is 21.2 Å². The molecule has 7 heteroatoms. The second kappa shape index (κ2) is 6.25. The van der Waals surface area contributed by atoms with Crippen LogP contribution in [0.3, 0.4) is 0 Å². The Bertz CT molecular complexity index is 634. The van der Waals surface area contributed by atoms with E-state index >= 15 is 0 Å². The number of nitrogens with zero attached hydrogens (tertiary/aromatic N) is 3. The van der Waals surface area contributed by atoms with Crippen molar-refractivity contribution < 1.29 is 4.92 Å². The third kappa shape index (κ3) is 3.31. The summed E-state index contributed by atoms with van der Waals surface area (Å²) in [6.07, 6.45) is 1.29. The number of rotatable bonds is 6. The number of nitrogens with two attached hydrogens (primary N) is 1. The standard InChI is InChI=1S/C14H19N5O2/c1-3-12-13(19(20)21)14(18(2)17-12)16-9-8-10-4-6-11(15)7-5-10/h4-7,16H,3,8-9,15H2,1-2H3. The SMILES string of the molecule is CCc1nn(C)c(NCCc2ccc(N)cc2)c1[N+](=O)[O-]. The highest BCUT2D eigenvalue weighted by molar-refractivity contribution is 5.59. The zero-order valence-electron chi connectivity index (χ0n) is 12.2. The van der Waals surface area contributed by atoms with Gasteiger partial charge in [-0.15, -0.1) is 0 Å². The Balaban J connectivity index is 2.07. The van der Waals surface area contributed by atoms with Gasteiger partial charge in [-0.3, -0.25) is 10.1 Å². The van der Waals surface area contributed by atoms with Crippen LogP contribution in [0, 0.1) is 10.1 Å². The summed E-state index contributed by atoms with van der Waals surface area (Å²) >= 11 is 0. The molecule has 0 unspecified atom stereocenters. The molecule has 0 radical (unpaired) electrons. The fraction of sp³-hybridized carbons (Fsp3) is 0.357. The normalized spacial score (nSPS) is 10.6. The largest absolute Gasteiger partial charge is 0.399 e. The fourth-order valence-corrected chi connectivity index (χ4v) is 2.21. The molecular formula is C14H19N5O2. The van der Waals surface area contributed by atoms with E-state index in [-0.39, 0.29) is 10.6 Å². The first-order valence-electron chi connectivity index (χ1n) is 6.81. The van der Waals surface area contributed by atoms with E-state index in [2.05, 4.69) is 10.4 Å². The lowest BCUT2D eigenvalue weighted by molar-refractivity contribution is -0.384. The van der Waals surface area contributed by atoms with Gasteiger partial charge in [-0.1, -0.05) is 19.1 Å². The lowest BCUT2D eigenvalue weighted by atomic mass is 10.1. The quantitative estimate of drug-likeness (QED) is 0.482. The highest BCUT2D eigenvalue weighted by atomic mass is 16.6. The van der Waals surface area contributed by atoms with E-state index in [1.54, 1.807) is 7.05 Å². The molecule has 0 amide bonds. The van der Waals surface area contributed by atoms with Crippen LogP contribution in [0.1, 0.15) is 18.2 Å². The maximum Gasteiger partial charge on any atom is 0.333 e. The third-order valence-corrected chi connectivity index (χ3v) is 3.30. The molecule has 1 heterocycles. The fourth-order valence-electron chi connectivity index (χ4n) is 2.21. The van der Waals surface area contributed by atoms with Crippen molar-refractivity contribution in [2.75, 3.05) is 17.6 Å². The van der Waals surface area contributed by atoms with Crippen LogP contribution in [0.4, 0.5) is 17.2 Å². The van der Waals surface area contributed by atoms with Crippen LogP contribution in [0.2, 0.25) is 0 Å². The smallest absolute Gasteiger partial charge is 0.333 e. The maximum atomic E-state index is 11.2. The van der Waals surface area contributed by atoms with Crippen molar-refractivity contribution in [1.82, 2.24) is 9.78 Å². The Kier molecular flexibility index (Phi) is 4.42. The van der Waals surface area contributed by atoms with Gasteiger partial charge in [0.25, 0.3) is 0 Å². The average molecular weight is 289 g/mol. The highest BCUT2D eigenvalue weighted by Crippen LogP contribution is 2.28. The van der Waals surface area contributed by atoms with Gasteiger partial charge in [-0.05, 0) is 30.5 Å². The molecule has 112 valence electrons. The topological polar surface area (TPSA) is 99.0 Å². The molecule has 0 aliphatic heterocycles. The summed E-state index contributed by atoms with van der Waals surface area (Å²) in [6.45, 7) is 2.45. The Morgan fingerprint density at radius 1 is 1.38 bits per heavy atom. The molecule has 7 nitrogen and oxygen atoms in total. The summed E-state index contributed by atoms with van der Waals surface area (Å²) in [7, 11) is 1.71. The lowest BCUT2D eigenvalue weighted by Gasteiger charge is -2.06. The van der Waals surface area contributed by atoms with Gasteiger partial charge in [-0.2, -0.15) is 5.10 Å². The van der Waals surface area contributed by atoms with E-state index in [0.717, 1.165) is 17.7 Å². The van der Waals surface area contributed by atoms with Gasteiger partial charge in [0.15, 0.2) is 0 Å². The minimum absolute atomic E-state index is 0.0670. The van der Waals surface area contributed by atoms with Crippen LogP contribution < -0.4 is 11.1 Å². The van der Waals surface area contributed by atoms with Gasteiger partial charge < -0.3 is 11.1 Å². The molecule has 0 atom stereocenters. The van der Waals surface area contributed by atoms with Crippen LogP contribution in [0.25, 0.3) is 0 Å². The van der Waals surface area contributed by atoms with Crippen molar-refractivity contribution >= 4 is 17.2 Å². The average Bonchev–Trinajstić information content (AvgIpc) is 2.77. The summed E-state index contributed by atoms with van der Waals surface area (Å²) in [5.74, 6) is 0.451. The van der Waals surface area contributed by atoms with Gasteiger partial charge in [0, 0.05) is 19.3 Å². The van der Waals surface area contributed by atoms with Gasteiger partial charge in [-0.25, -0.2) is 4.68 Å². The number of nitro groups is 1. The second-order valence-corrected chi connectivity index (χ2v) is 4.80. The predicted octanol–water partition coefficient (Wildman–Crippen LogP) is 2.13. The molecular weight excluding hydrogens is 270 g/mol. The summed E-state index contributed by atoms with van der Waals surface area (Å²) < 4.78 is 1.53. The lowest BCUT2D eigenvalue weighted by Crippen LogP contribution is -2.10. The van der Waals surface area contributed by atoms with Crippen LogP contribution in [-0.2, 0) is 19.9 Å². The highest BCUT2D eigenvalue weighted by Gasteiger charge is 2.25. The van der Waals surface area contributed by atoms with Gasteiger partial charge in [0.2, 0.25) is 5.82 Å². The van der Waals surface area contributed by atoms with Crippen LogP contribution >= 0.6 is 0 Å². The summed E-state index contributed by atoms with van der Waals surface area (Å²) in [4.78, 5) is 10.8. The maximum absolute atomic E-state index is 11.2. The number of benzene rings is 1. The van der Waals surface area contributed by atoms with Crippen molar-refractivity contribution in [2.45, 2.75) is 19.8 Å². The van der Waals surface area contributed by atoms with E-state index in [0.29, 0.717) is 24.5 Å². The zero-order chi connectivity index (χ0) is 15.4. The molecule has 0 saturated carbocycles. The summed E-state index contributed by atoms with van der Waals surface area (Å²) in [5, 5.41) is 18.5. The Morgan fingerprint density at radius 3 is 2.62 bits per heavy atom. The van der Waals surface area contributed by atoms with E-state index in [9.17, 15) is 10.1 Å². The van der Waals surface area contributed by atoms with Gasteiger partial charge >= 0.3 is 5.69 Å². The zero-order valence-corrected chi connectivity index (χ0v) is 12.2. The molecule has 2 aromatic rings. The summed E-state index contributed by atoms with van der Waals surface area (Å²) in [6, 6.07) is 7.59. The van der Waals surface area contributed by atoms with Gasteiger partial charge in [0.05, 0.1) is 4.92 Å². The number of anilines is 2. The predicted molar refractivity (Wildman–Crippen MR) is 82.3 cm³/mol. The first-order chi connectivity index (χ1) is 10.0. The number of nitrogen functional groups attached to an aromatic ring is 1. The molecule has 1 aromatic heterocycles. The molecule has 0 spiro atoms. The van der Waals surface area contributed by atoms with Gasteiger partial charge in [0.1, 0.15) is 5.69 Å². The molecule has 21 heavy (non-hydrogen) atoms. The number of hydrogen-bond donors (Lipinski definition) is 2. The molecule has 0 saturated heterocycles. The number of hydrogen-bond acceptors (Lipinski definition) is 5. The second-order valence-electron chi connectivity index (χ2n) is 4.80. The molecule has 0 fully saturated rings. The summed E-state index contributed by atoms with van der Waals surface area (Å²) in [5.41, 5.74) is 8.05. The van der Waals surface area contributed by atoms with Crippen molar-refractivity contribution in [3.05, 3.63) is 45.6 Å². The van der Waals surface area contributed by atoms with E-state index in [1.807, 2.05) is 31.2 Å². The minimum atomic E-state index is -0.378. The molecule has 0 aliphatic rings. The van der Waals surface area contributed by atoms with E-state index in [1.165, 1.54) is 4.68 Å². The Labute approximate surface area is 122 Å². The monoisotopic (exact) mass is 289 g/mol. The number of nitrogens with one attached hydrogen (secondary N) is 1. The van der Waals surface area contributed by atoms with Crippen molar-refractivity contribution in [2.24, 2.45) is 7.05 Å². The Hall–Kier alpha value is -2.57. The van der Waals surface area contributed by atoms with Crippen molar-refractivity contribution in [3.8, 4) is 0 Å².